The molecular formula is C84H84N8O12Si4. The Balaban J connectivity index is 0.000000127. The van der Waals surface area contributed by atoms with E-state index in [9.17, 15) is 40.5 Å². The quantitative estimate of drug-likeness (QED) is 0.0498. The van der Waals surface area contributed by atoms with Gasteiger partial charge in [-0.15, -0.1) is 0 Å². The number of nitro benzene ring substituents is 4. The summed E-state index contributed by atoms with van der Waals surface area (Å²) < 4.78 is 26.5. The lowest BCUT2D eigenvalue weighted by molar-refractivity contribution is -0.385. The van der Waals surface area contributed by atoms with Gasteiger partial charge in [-0.2, -0.15) is 0 Å². The Morgan fingerprint density at radius 1 is 0.306 bits per heavy atom. The molecule has 12 radical (unpaired) electrons. The number of non-ortho nitro benzene ring substituents is 4. The minimum atomic E-state index is -0.665. The monoisotopic (exact) mass is 1510 g/mol. The molecule has 20 nitrogen and oxygen atoms in total. The van der Waals surface area contributed by atoms with Crippen molar-refractivity contribution >= 4 is 111 Å². The molecular weight excluding hydrogens is 1430 g/mol. The van der Waals surface area contributed by atoms with E-state index in [4.69, 9.17) is 18.9 Å². The summed E-state index contributed by atoms with van der Waals surface area (Å²) in [6, 6.07) is 56.4. The number of nitrogens with zero attached hydrogens (tertiary/aromatic N) is 8. The number of hydrogen-bond donors (Lipinski definition) is 0. The first-order valence-electron chi connectivity index (χ1n) is 36.4. The van der Waals surface area contributed by atoms with E-state index in [2.05, 4.69) is 237 Å². The zero-order valence-corrected chi connectivity index (χ0v) is 65.7. The van der Waals surface area contributed by atoms with Gasteiger partial charge in [0.25, 0.3) is 22.7 Å². The number of hydrogen-bond acceptors (Lipinski definition) is 16. The van der Waals surface area contributed by atoms with Gasteiger partial charge in [0, 0.05) is 161 Å². The highest BCUT2D eigenvalue weighted by atomic mass is 28.2. The van der Waals surface area contributed by atoms with Crippen molar-refractivity contribution in [1.82, 2.24) is 0 Å². The molecule has 0 N–H and O–H groups in total. The maximum absolute atomic E-state index is 11.1. The van der Waals surface area contributed by atoms with E-state index in [1.165, 1.54) is 69.3 Å². The van der Waals surface area contributed by atoms with Crippen molar-refractivity contribution in [2.45, 2.75) is 150 Å². The zero-order chi connectivity index (χ0) is 76.9. The summed E-state index contributed by atoms with van der Waals surface area (Å²) in [7, 11) is 14.3. The summed E-state index contributed by atoms with van der Waals surface area (Å²) in [6.45, 7) is 20.9. The summed E-state index contributed by atoms with van der Waals surface area (Å²) in [5, 5.41) is 44.3. The van der Waals surface area contributed by atoms with Gasteiger partial charge in [0.05, 0.1) is 41.4 Å². The highest BCUT2D eigenvalue weighted by molar-refractivity contribution is 6.09. The fraction of sp³-hybridized carbons (Fsp3) is 0.333. The van der Waals surface area contributed by atoms with E-state index >= 15 is 0 Å². The summed E-state index contributed by atoms with van der Waals surface area (Å²) in [5.74, 6) is 2.69. The van der Waals surface area contributed by atoms with Crippen molar-refractivity contribution in [2.24, 2.45) is 0 Å². The predicted molar refractivity (Wildman–Crippen MR) is 430 cm³/mol. The molecule has 0 saturated heterocycles. The molecule has 108 heavy (non-hydrogen) atoms. The first-order valence-corrected chi connectivity index (χ1v) is 39.2. The first-order chi connectivity index (χ1) is 51.6. The molecule has 8 heterocycles. The molecule has 0 aliphatic carbocycles. The molecule has 4 unspecified atom stereocenters. The van der Waals surface area contributed by atoms with Crippen LogP contribution in [0.5, 0.6) is 23.0 Å². The lowest BCUT2D eigenvalue weighted by Crippen LogP contribution is -2.59. The van der Waals surface area contributed by atoms with Gasteiger partial charge in [-0.3, -0.25) is 40.5 Å². The van der Waals surface area contributed by atoms with Gasteiger partial charge in [-0.25, -0.2) is 0 Å². The summed E-state index contributed by atoms with van der Waals surface area (Å²) in [4.78, 5) is 52.1. The van der Waals surface area contributed by atoms with Crippen LogP contribution < -0.4 is 38.5 Å². The average Bonchev–Trinajstić information content (AvgIpc) is 1.57. The number of fused-ring (bicyclic) bond motifs is 8. The van der Waals surface area contributed by atoms with Gasteiger partial charge in [0.1, 0.15) is 23.0 Å². The number of anilines is 4. The van der Waals surface area contributed by atoms with E-state index < -0.39 is 22.9 Å². The van der Waals surface area contributed by atoms with Crippen molar-refractivity contribution in [2.75, 3.05) is 45.8 Å². The van der Waals surface area contributed by atoms with Crippen LogP contribution in [0, 0.1) is 40.5 Å². The largest absolute Gasteiger partial charge is 0.463 e. The van der Waals surface area contributed by atoms with Crippen molar-refractivity contribution in [3.8, 4) is 23.0 Å². The SMILES string of the molecule is CC1(C)c2ccccc2N(CCC[Si])C12C=Cc1cc([N+](=O)[O-])ccc1O2.CC1(C)c2ccccc2N(CCC[Si])C12C=Cc1cc([N+](=O)[O-])ccc1O2.CC1(C)c2ccccc2N(CCC[Si])C12C=Cc1cc([N+](=O)[O-])ccc1O2.CC1(C)c2ccccc2N(CCC[Si])C12C=Cc1cc([N+](=O)[O-])ccc1O2. The van der Waals surface area contributed by atoms with Crippen molar-refractivity contribution in [3.63, 3.8) is 0 Å². The summed E-state index contributed by atoms with van der Waals surface area (Å²) >= 11 is 0. The molecule has 4 atom stereocenters. The Labute approximate surface area is 643 Å². The third-order valence-corrected chi connectivity index (χ3v) is 24.1. The van der Waals surface area contributed by atoms with Crippen LogP contribution in [0.15, 0.2) is 194 Å². The summed E-state index contributed by atoms with van der Waals surface area (Å²) in [6.07, 6.45) is 20.0. The standard InChI is InChI=1S/4C21H21N2O3Si/c4*1-20(2)17-6-3-4-7-18(17)22(12-5-13-27)21(20)11-10-15-14-16(23(24)25)8-9-19(15)26-21/h4*3-4,6-11,14H,5,12-13H2,1-2H3. The van der Waals surface area contributed by atoms with Crippen LogP contribution in [0.3, 0.4) is 0 Å². The van der Waals surface area contributed by atoms with Crippen LogP contribution in [0.2, 0.25) is 24.2 Å². The van der Waals surface area contributed by atoms with Crippen LogP contribution in [0.4, 0.5) is 45.5 Å². The molecule has 16 rings (SSSR count). The van der Waals surface area contributed by atoms with Gasteiger partial charge in [0.15, 0.2) is 0 Å². The third-order valence-electron chi connectivity index (χ3n) is 22.7. The number of nitro groups is 4. The van der Waals surface area contributed by atoms with E-state index in [-0.39, 0.29) is 64.1 Å². The molecule has 0 aromatic heterocycles. The molecule has 0 amide bonds. The molecule has 8 aliphatic rings. The van der Waals surface area contributed by atoms with Gasteiger partial charge in [-0.1, -0.05) is 97.0 Å². The van der Waals surface area contributed by atoms with Crippen molar-refractivity contribution < 1.29 is 38.6 Å². The van der Waals surface area contributed by atoms with Crippen LogP contribution in [-0.4, -0.2) is 110 Å². The molecule has 8 aromatic rings. The van der Waals surface area contributed by atoms with Crippen LogP contribution in [-0.2, 0) is 21.7 Å². The molecule has 4 spiro atoms. The lowest BCUT2D eigenvalue weighted by Gasteiger charge is -2.47. The molecule has 24 heteroatoms. The Kier molecular flexibility index (Phi) is 20.6. The maximum atomic E-state index is 11.1. The second kappa shape index (κ2) is 29.3. The Morgan fingerprint density at radius 3 is 0.685 bits per heavy atom. The molecule has 548 valence electrons. The molecule has 8 aliphatic heterocycles. The van der Waals surface area contributed by atoms with Crippen LogP contribution >= 0.6 is 0 Å². The topological polar surface area (TPSA) is 222 Å². The minimum Gasteiger partial charge on any atom is -0.463 e. The van der Waals surface area contributed by atoms with Crippen molar-refractivity contribution in [3.05, 3.63) is 279 Å². The van der Waals surface area contributed by atoms with E-state index in [1.807, 2.05) is 24.3 Å². The third kappa shape index (κ3) is 12.5. The molecule has 0 fully saturated rings. The highest BCUT2D eigenvalue weighted by Gasteiger charge is 2.62. The zero-order valence-electron chi connectivity index (χ0n) is 61.7. The molecule has 8 aromatic carbocycles. The molecule has 0 bridgehead atoms. The fourth-order valence-electron chi connectivity index (χ4n) is 16.9. The molecule has 0 saturated carbocycles. The van der Waals surface area contributed by atoms with E-state index in [0.29, 0.717) is 23.0 Å². The smallest absolute Gasteiger partial charge is 0.270 e. The Morgan fingerprint density at radius 2 is 0.500 bits per heavy atom. The maximum Gasteiger partial charge on any atom is 0.270 e. The lowest BCUT2D eigenvalue weighted by atomic mass is 9.76. The predicted octanol–water partition coefficient (Wildman–Crippen LogP) is 17.9. The minimum absolute atomic E-state index is 0.0721. The average molecular weight is 1510 g/mol. The van der Waals surface area contributed by atoms with Crippen LogP contribution in [0.1, 0.15) is 126 Å². The van der Waals surface area contributed by atoms with Gasteiger partial charge in [-0.05, 0) is 200 Å². The summed E-state index contributed by atoms with van der Waals surface area (Å²) in [5.41, 5.74) is 9.12. The first kappa shape index (κ1) is 75.8. The number of ether oxygens (including phenoxy) is 4. The highest BCUT2D eigenvalue weighted by Crippen LogP contribution is 2.60. The van der Waals surface area contributed by atoms with Crippen molar-refractivity contribution in [1.29, 1.82) is 0 Å². The Hall–Kier alpha value is -10.4. The van der Waals surface area contributed by atoms with E-state index in [1.54, 1.807) is 48.5 Å². The fourth-order valence-corrected chi connectivity index (χ4v) is 17.5. The van der Waals surface area contributed by atoms with Crippen LogP contribution in [0.25, 0.3) is 24.3 Å². The van der Waals surface area contributed by atoms with Gasteiger partial charge < -0.3 is 38.5 Å². The number of rotatable bonds is 16. The van der Waals surface area contributed by atoms with Gasteiger partial charge in [0.2, 0.25) is 22.9 Å². The second-order valence-corrected chi connectivity index (χ2v) is 32.0. The van der Waals surface area contributed by atoms with Gasteiger partial charge >= 0.3 is 0 Å². The Bertz CT molecular complexity index is 4380. The van der Waals surface area contributed by atoms with E-state index in [0.717, 1.165) is 98.3 Å². The number of benzene rings is 8. The normalized spacial score (nSPS) is 21.7. The second-order valence-electron chi connectivity index (χ2n) is 30.0. The number of para-hydroxylation sites is 4.